The van der Waals surface area contributed by atoms with Crippen LogP contribution in [0, 0.1) is 11.3 Å². The van der Waals surface area contributed by atoms with Crippen molar-refractivity contribution < 1.29 is 5.11 Å². The lowest BCUT2D eigenvalue weighted by molar-refractivity contribution is 0.208. The van der Waals surface area contributed by atoms with E-state index in [-0.39, 0.29) is 18.4 Å². The van der Waals surface area contributed by atoms with Crippen molar-refractivity contribution in [2.45, 2.75) is 12.8 Å². The highest BCUT2D eigenvalue weighted by Crippen LogP contribution is 2.28. The number of nitrogens with one attached hydrogen (secondary N) is 1. The Morgan fingerprint density at radius 1 is 1.56 bits per heavy atom. The van der Waals surface area contributed by atoms with Gasteiger partial charge in [0.2, 0.25) is 0 Å². The van der Waals surface area contributed by atoms with E-state index in [2.05, 4.69) is 4.90 Å². The summed E-state index contributed by atoms with van der Waals surface area (Å²) >= 11 is 6.02. The third kappa shape index (κ3) is 2.76. The van der Waals surface area contributed by atoms with Gasteiger partial charge in [0.15, 0.2) is 0 Å². The summed E-state index contributed by atoms with van der Waals surface area (Å²) in [5, 5.41) is 17.5. The second kappa shape index (κ2) is 5.59. The second-order valence-corrected chi connectivity index (χ2v) is 5.15. The van der Waals surface area contributed by atoms with Gasteiger partial charge in [0.05, 0.1) is 0 Å². The molecule has 0 aliphatic carbocycles. The summed E-state index contributed by atoms with van der Waals surface area (Å²) < 4.78 is 0. The van der Waals surface area contributed by atoms with Gasteiger partial charge in [-0.05, 0) is 37.0 Å². The molecule has 98 valence electrons. The summed E-state index contributed by atoms with van der Waals surface area (Å²) in [6.45, 7) is 1.90. The molecule has 1 aromatic carbocycles. The third-order valence-corrected chi connectivity index (χ3v) is 3.60. The van der Waals surface area contributed by atoms with Gasteiger partial charge >= 0.3 is 0 Å². The quantitative estimate of drug-likeness (QED) is 0.578. The first-order chi connectivity index (χ1) is 8.61. The number of halogens is 1. The summed E-state index contributed by atoms with van der Waals surface area (Å²) in [4.78, 5) is 2.16. The summed E-state index contributed by atoms with van der Waals surface area (Å²) in [6.07, 6.45) is 2.08. The van der Waals surface area contributed by atoms with Crippen molar-refractivity contribution in [3.63, 3.8) is 0 Å². The van der Waals surface area contributed by atoms with E-state index in [1.54, 1.807) is 12.1 Å². The molecule has 0 bridgehead atoms. The number of nitrogens with two attached hydrogens (primary N) is 1. The molecule has 1 aliphatic rings. The topological polar surface area (TPSA) is 73.3 Å². The minimum Gasteiger partial charge on any atom is -0.396 e. The van der Waals surface area contributed by atoms with Crippen LogP contribution >= 0.6 is 11.6 Å². The summed E-state index contributed by atoms with van der Waals surface area (Å²) in [7, 11) is 0. The van der Waals surface area contributed by atoms with E-state index < -0.39 is 0 Å². The predicted octanol–water partition coefficient (Wildman–Crippen LogP) is 1.83. The van der Waals surface area contributed by atoms with Gasteiger partial charge in [-0.2, -0.15) is 0 Å². The zero-order chi connectivity index (χ0) is 13.1. The lowest BCUT2D eigenvalue weighted by atomic mass is 9.97. The van der Waals surface area contributed by atoms with Crippen LogP contribution in [-0.4, -0.2) is 30.6 Å². The molecule has 1 aliphatic heterocycles. The molecular weight excluding hydrogens is 250 g/mol. The molecule has 1 aromatic rings. The van der Waals surface area contributed by atoms with E-state index in [4.69, 9.17) is 22.7 Å². The minimum atomic E-state index is 0.0489. The number of hydrogen-bond donors (Lipinski definition) is 3. The average molecular weight is 268 g/mol. The van der Waals surface area contributed by atoms with Gasteiger partial charge in [-0.15, -0.1) is 0 Å². The number of anilines is 1. The number of nitrogen functional groups attached to an aromatic ring is 1. The number of piperidine rings is 1. The fourth-order valence-electron chi connectivity index (χ4n) is 2.43. The lowest BCUT2D eigenvalue weighted by Gasteiger charge is -2.34. The molecule has 0 spiro atoms. The monoisotopic (exact) mass is 267 g/mol. The highest BCUT2D eigenvalue weighted by molar-refractivity contribution is 6.31. The fraction of sp³-hybridized carbons (Fsp3) is 0.462. The third-order valence-electron chi connectivity index (χ3n) is 3.37. The van der Waals surface area contributed by atoms with Crippen LogP contribution in [0.3, 0.4) is 0 Å². The van der Waals surface area contributed by atoms with Gasteiger partial charge in [-0.25, -0.2) is 0 Å². The molecule has 0 saturated carbocycles. The fourth-order valence-corrected chi connectivity index (χ4v) is 2.59. The molecule has 1 fully saturated rings. The van der Waals surface area contributed by atoms with Crippen molar-refractivity contribution >= 4 is 23.1 Å². The Hall–Kier alpha value is -1.26. The number of nitrogens with zero attached hydrogens (tertiary/aromatic N) is 1. The largest absolute Gasteiger partial charge is 0.396 e. The van der Waals surface area contributed by atoms with Crippen LogP contribution in [0.1, 0.15) is 18.4 Å². The van der Waals surface area contributed by atoms with Crippen LogP contribution in [0.15, 0.2) is 18.2 Å². The number of hydrogen-bond acceptors (Lipinski definition) is 3. The normalized spacial score (nSPS) is 19.9. The molecule has 5 heteroatoms. The Balaban J connectivity index is 2.31. The van der Waals surface area contributed by atoms with E-state index in [1.165, 1.54) is 0 Å². The molecule has 0 amide bonds. The van der Waals surface area contributed by atoms with Gasteiger partial charge in [0.1, 0.15) is 5.84 Å². The van der Waals surface area contributed by atoms with E-state index in [9.17, 15) is 5.11 Å². The van der Waals surface area contributed by atoms with Gasteiger partial charge in [0, 0.05) is 36.0 Å². The highest BCUT2D eigenvalue weighted by atomic mass is 35.5. The standard InChI is InChI=1S/C13H18ClN3O/c14-10-3-4-11(13(15)16)12(6-10)17-5-1-2-9(7-17)8-18/h3-4,6,9,18H,1-2,5,7-8H2,(H3,15,16). The van der Waals surface area contributed by atoms with Crippen LogP contribution < -0.4 is 10.6 Å². The number of amidine groups is 1. The predicted molar refractivity (Wildman–Crippen MR) is 74.5 cm³/mol. The molecule has 18 heavy (non-hydrogen) atoms. The summed E-state index contributed by atoms with van der Waals surface area (Å²) in [5.74, 6) is 0.338. The van der Waals surface area contributed by atoms with E-state index >= 15 is 0 Å². The first-order valence-electron chi connectivity index (χ1n) is 6.11. The van der Waals surface area contributed by atoms with Crippen molar-refractivity contribution in [1.29, 1.82) is 5.41 Å². The van der Waals surface area contributed by atoms with Gasteiger partial charge in [0.25, 0.3) is 0 Å². The van der Waals surface area contributed by atoms with E-state index in [1.807, 2.05) is 6.07 Å². The Labute approximate surface area is 112 Å². The number of aliphatic hydroxyl groups is 1. The Morgan fingerprint density at radius 2 is 2.33 bits per heavy atom. The Bertz CT molecular complexity index is 450. The lowest BCUT2D eigenvalue weighted by Crippen LogP contribution is -2.38. The number of aliphatic hydroxyl groups excluding tert-OH is 1. The van der Waals surface area contributed by atoms with Crippen molar-refractivity contribution in [3.8, 4) is 0 Å². The van der Waals surface area contributed by atoms with Crippen LogP contribution in [0.2, 0.25) is 5.02 Å². The Kier molecular flexibility index (Phi) is 4.09. The van der Waals surface area contributed by atoms with Crippen molar-refractivity contribution in [2.24, 2.45) is 11.7 Å². The van der Waals surface area contributed by atoms with Gasteiger partial charge < -0.3 is 15.7 Å². The molecule has 4 N–H and O–H groups in total. The maximum atomic E-state index is 9.27. The smallest absolute Gasteiger partial charge is 0.124 e. The SMILES string of the molecule is N=C(N)c1ccc(Cl)cc1N1CCCC(CO)C1. The maximum Gasteiger partial charge on any atom is 0.124 e. The van der Waals surface area contributed by atoms with E-state index in [0.29, 0.717) is 10.6 Å². The van der Waals surface area contributed by atoms with Gasteiger partial charge in [-0.1, -0.05) is 11.6 Å². The molecule has 1 heterocycles. The zero-order valence-corrected chi connectivity index (χ0v) is 11.0. The molecule has 1 saturated heterocycles. The van der Waals surface area contributed by atoms with E-state index in [0.717, 1.165) is 31.6 Å². The molecular formula is C13H18ClN3O. The number of rotatable bonds is 3. The zero-order valence-electron chi connectivity index (χ0n) is 10.2. The summed E-state index contributed by atoms with van der Waals surface area (Å²) in [6, 6.07) is 5.37. The molecule has 1 unspecified atom stereocenters. The minimum absolute atomic E-state index is 0.0489. The Morgan fingerprint density at radius 3 is 3.00 bits per heavy atom. The van der Waals surface area contributed by atoms with Crippen LogP contribution in [-0.2, 0) is 0 Å². The van der Waals surface area contributed by atoms with Crippen molar-refractivity contribution in [1.82, 2.24) is 0 Å². The molecule has 4 nitrogen and oxygen atoms in total. The van der Waals surface area contributed by atoms with Gasteiger partial charge in [-0.3, -0.25) is 5.41 Å². The first-order valence-corrected chi connectivity index (χ1v) is 6.49. The number of benzene rings is 1. The summed E-state index contributed by atoms with van der Waals surface area (Å²) in [5.41, 5.74) is 7.21. The van der Waals surface area contributed by atoms with Crippen LogP contribution in [0.4, 0.5) is 5.69 Å². The molecule has 2 rings (SSSR count). The first kappa shape index (κ1) is 13.2. The second-order valence-electron chi connectivity index (χ2n) is 4.71. The molecule has 0 aromatic heterocycles. The van der Waals surface area contributed by atoms with Crippen LogP contribution in [0.5, 0.6) is 0 Å². The molecule has 1 atom stereocenters. The van der Waals surface area contributed by atoms with Crippen molar-refractivity contribution in [3.05, 3.63) is 28.8 Å². The highest BCUT2D eigenvalue weighted by Gasteiger charge is 2.22. The molecule has 0 radical (unpaired) electrons. The average Bonchev–Trinajstić information content (AvgIpc) is 2.38. The maximum absolute atomic E-state index is 9.27. The van der Waals surface area contributed by atoms with Crippen molar-refractivity contribution in [2.75, 3.05) is 24.6 Å². The van der Waals surface area contributed by atoms with Crippen LogP contribution in [0.25, 0.3) is 0 Å².